The van der Waals surface area contributed by atoms with E-state index in [1.54, 1.807) is 4.90 Å². The molecule has 98 valence electrons. The third kappa shape index (κ3) is 2.98. The molecule has 6 heteroatoms. The highest BCUT2D eigenvalue weighted by Gasteiger charge is 2.21. The van der Waals surface area contributed by atoms with E-state index in [2.05, 4.69) is 0 Å². The quantitative estimate of drug-likeness (QED) is 0.624. The van der Waals surface area contributed by atoms with E-state index in [1.807, 2.05) is 20.8 Å². The van der Waals surface area contributed by atoms with Crippen LogP contribution in [0, 0.1) is 10.1 Å². The van der Waals surface area contributed by atoms with E-state index in [0.29, 0.717) is 6.54 Å². The molecule has 0 fully saturated rings. The fourth-order valence-corrected chi connectivity index (χ4v) is 1.94. The molecule has 1 aromatic carbocycles. The minimum absolute atomic E-state index is 0.0498. The molecule has 0 aliphatic rings. The molecule has 18 heavy (non-hydrogen) atoms. The van der Waals surface area contributed by atoms with Crippen molar-refractivity contribution in [1.82, 2.24) is 4.90 Å². The lowest BCUT2D eigenvalue weighted by Gasteiger charge is -2.25. The molecule has 0 aliphatic carbocycles. The summed E-state index contributed by atoms with van der Waals surface area (Å²) in [6, 6.07) is 3.93. The summed E-state index contributed by atoms with van der Waals surface area (Å²) in [4.78, 5) is 23.9. The van der Waals surface area contributed by atoms with Crippen LogP contribution in [-0.4, -0.2) is 28.3 Å². The largest absolute Gasteiger partial charge is 0.336 e. The lowest BCUT2D eigenvalue weighted by atomic mass is 10.1. The average Bonchev–Trinajstić information content (AvgIpc) is 2.28. The van der Waals surface area contributed by atoms with E-state index in [1.165, 1.54) is 18.2 Å². The predicted octanol–water partition coefficient (Wildman–Crippen LogP) is 3.12. The third-order valence-electron chi connectivity index (χ3n) is 2.62. The highest BCUT2D eigenvalue weighted by atomic mass is 35.5. The molecule has 0 N–H and O–H groups in total. The number of benzene rings is 1. The van der Waals surface area contributed by atoms with Crippen LogP contribution in [-0.2, 0) is 0 Å². The second-order valence-corrected chi connectivity index (χ2v) is 4.51. The molecule has 0 heterocycles. The van der Waals surface area contributed by atoms with E-state index >= 15 is 0 Å². The molecule has 0 aliphatic heterocycles. The summed E-state index contributed by atoms with van der Waals surface area (Å²) in [5.41, 5.74) is 0.168. The van der Waals surface area contributed by atoms with Gasteiger partial charge in [-0.15, -0.1) is 0 Å². The fourth-order valence-electron chi connectivity index (χ4n) is 1.69. The van der Waals surface area contributed by atoms with Gasteiger partial charge >= 0.3 is 0 Å². The Labute approximate surface area is 110 Å². The molecular formula is C12H15ClN2O3. The Bertz CT molecular complexity index is 474. The number of halogens is 1. The summed E-state index contributed by atoms with van der Waals surface area (Å²) in [5.74, 6) is -0.215. The number of hydrogen-bond donors (Lipinski definition) is 0. The van der Waals surface area contributed by atoms with E-state index in [4.69, 9.17) is 11.6 Å². The van der Waals surface area contributed by atoms with Crippen LogP contribution in [0.15, 0.2) is 18.2 Å². The van der Waals surface area contributed by atoms with Crippen LogP contribution < -0.4 is 0 Å². The van der Waals surface area contributed by atoms with Crippen LogP contribution >= 0.6 is 11.6 Å². The molecule has 1 amide bonds. The molecule has 0 unspecified atom stereocenters. The second-order valence-electron chi connectivity index (χ2n) is 4.11. The van der Waals surface area contributed by atoms with Crippen molar-refractivity contribution >= 4 is 23.2 Å². The van der Waals surface area contributed by atoms with Crippen molar-refractivity contribution in [3.63, 3.8) is 0 Å². The molecule has 0 aromatic heterocycles. The molecule has 1 rings (SSSR count). The van der Waals surface area contributed by atoms with Crippen LogP contribution in [0.1, 0.15) is 31.1 Å². The maximum Gasteiger partial charge on any atom is 0.270 e. The maximum absolute atomic E-state index is 12.2. The minimum Gasteiger partial charge on any atom is -0.336 e. The highest BCUT2D eigenvalue weighted by Crippen LogP contribution is 2.24. The van der Waals surface area contributed by atoms with Gasteiger partial charge in [0.1, 0.15) is 0 Å². The Morgan fingerprint density at radius 3 is 2.50 bits per heavy atom. The first-order valence-electron chi connectivity index (χ1n) is 5.63. The first-order valence-corrected chi connectivity index (χ1v) is 6.01. The zero-order chi connectivity index (χ0) is 13.9. The third-order valence-corrected chi connectivity index (χ3v) is 2.93. The highest BCUT2D eigenvalue weighted by molar-refractivity contribution is 6.34. The smallest absolute Gasteiger partial charge is 0.270 e. The number of nitrogens with zero attached hydrogens (tertiary/aromatic N) is 2. The topological polar surface area (TPSA) is 63.5 Å². The van der Waals surface area contributed by atoms with Gasteiger partial charge in [0.15, 0.2) is 0 Å². The molecule has 0 bridgehead atoms. The number of nitro benzene ring substituents is 1. The van der Waals surface area contributed by atoms with Crippen LogP contribution in [0.25, 0.3) is 0 Å². The van der Waals surface area contributed by atoms with E-state index in [0.717, 1.165) is 0 Å². The standard InChI is InChI=1S/C12H15ClN2O3/c1-4-14(8(2)3)12(16)10-6-5-9(15(17)18)7-11(10)13/h5-8H,4H2,1-3H3. The Morgan fingerprint density at radius 2 is 2.11 bits per heavy atom. The molecule has 1 aromatic rings. The Kier molecular flexibility index (Phi) is 4.67. The molecule has 5 nitrogen and oxygen atoms in total. The first kappa shape index (κ1) is 14.4. The van der Waals surface area contributed by atoms with Gasteiger partial charge in [-0.3, -0.25) is 14.9 Å². The summed E-state index contributed by atoms with van der Waals surface area (Å²) >= 11 is 5.92. The Morgan fingerprint density at radius 1 is 1.50 bits per heavy atom. The summed E-state index contributed by atoms with van der Waals surface area (Å²) in [7, 11) is 0. The van der Waals surface area contributed by atoms with Crippen molar-refractivity contribution < 1.29 is 9.72 Å². The minimum atomic E-state index is -0.541. The van der Waals surface area contributed by atoms with Gasteiger partial charge in [-0.2, -0.15) is 0 Å². The number of hydrogen-bond acceptors (Lipinski definition) is 3. The Balaban J connectivity index is 3.10. The van der Waals surface area contributed by atoms with Gasteiger partial charge in [-0.25, -0.2) is 0 Å². The van der Waals surface area contributed by atoms with E-state index < -0.39 is 4.92 Å². The molecule has 0 saturated carbocycles. The van der Waals surface area contributed by atoms with Gasteiger partial charge in [-0.1, -0.05) is 11.6 Å². The van der Waals surface area contributed by atoms with Crippen molar-refractivity contribution in [2.24, 2.45) is 0 Å². The normalized spacial score (nSPS) is 10.5. The zero-order valence-corrected chi connectivity index (χ0v) is 11.3. The molecule has 0 atom stereocenters. The number of non-ortho nitro benzene ring substituents is 1. The van der Waals surface area contributed by atoms with Crippen LogP contribution in [0.3, 0.4) is 0 Å². The predicted molar refractivity (Wildman–Crippen MR) is 70.0 cm³/mol. The summed E-state index contributed by atoms with van der Waals surface area (Å²) < 4.78 is 0. The van der Waals surface area contributed by atoms with E-state index in [-0.39, 0.29) is 28.2 Å². The Hall–Kier alpha value is -1.62. The van der Waals surface area contributed by atoms with Crippen LogP contribution in [0.4, 0.5) is 5.69 Å². The van der Waals surface area contributed by atoms with Crippen molar-refractivity contribution in [2.75, 3.05) is 6.54 Å². The first-order chi connectivity index (χ1) is 8.38. The van der Waals surface area contributed by atoms with Crippen molar-refractivity contribution in [3.8, 4) is 0 Å². The summed E-state index contributed by atoms with van der Waals surface area (Å²) in [5, 5.41) is 10.7. The maximum atomic E-state index is 12.2. The molecule has 0 spiro atoms. The van der Waals surface area contributed by atoms with Gasteiger partial charge in [0.25, 0.3) is 11.6 Å². The zero-order valence-electron chi connectivity index (χ0n) is 10.5. The van der Waals surface area contributed by atoms with E-state index in [9.17, 15) is 14.9 Å². The van der Waals surface area contributed by atoms with Crippen LogP contribution in [0.5, 0.6) is 0 Å². The SMILES string of the molecule is CCN(C(=O)c1ccc([N+](=O)[O-])cc1Cl)C(C)C. The summed E-state index contributed by atoms with van der Waals surface area (Å²) in [6.45, 7) is 6.24. The van der Waals surface area contributed by atoms with Gasteiger partial charge in [0.05, 0.1) is 15.5 Å². The van der Waals surface area contributed by atoms with Crippen molar-refractivity contribution in [3.05, 3.63) is 38.9 Å². The lowest BCUT2D eigenvalue weighted by molar-refractivity contribution is -0.384. The number of carbonyl (C=O) groups excluding carboxylic acids is 1. The number of carbonyl (C=O) groups is 1. The monoisotopic (exact) mass is 270 g/mol. The average molecular weight is 271 g/mol. The van der Waals surface area contributed by atoms with Gasteiger partial charge < -0.3 is 4.90 Å². The number of nitro groups is 1. The number of amides is 1. The van der Waals surface area contributed by atoms with Crippen molar-refractivity contribution in [1.29, 1.82) is 0 Å². The van der Waals surface area contributed by atoms with Crippen molar-refractivity contribution in [2.45, 2.75) is 26.8 Å². The molecule has 0 radical (unpaired) electrons. The number of rotatable bonds is 4. The fraction of sp³-hybridized carbons (Fsp3) is 0.417. The second kappa shape index (κ2) is 5.82. The summed E-state index contributed by atoms with van der Waals surface area (Å²) in [6.07, 6.45) is 0. The lowest BCUT2D eigenvalue weighted by Crippen LogP contribution is -2.36. The molecular weight excluding hydrogens is 256 g/mol. The van der Waals surface area contributed by atoms with Gasteiger partial charge in [0, 0.05) is 24.7 Å². The van der Waals surface area contributed by atoms with Crippen LogP contribution in [0.2, 0.25) is 5.02 Å². The van der Waals surface area contributed by atoms with Gasteiger partial charge in [-0.05, 0) is 26.8 Å². The van der Waals surface area contributed by atoms with Gasteiger partial charge in [0.2, 0.25) is 0 Å². The molecule has 0 saturated heterocycles.